The maximum absolute atomic E-state index is 14.0. The fourth-order valence-electron chi connectivity index (χ4n) is 1.73. The zero-order valence-corrected chi connectivity index (χ0v) is 12.8. The Hall–Kier alpha value is -1.03. The molecule has 0 aliphatic carbocycles. The van der Waals surface area contributed by atoms with Crippen molar-refractivity contribution in [2.24, 2.45) is 0 Å². The molecule has 1 rings (SSSR count). The highest BCUT2D eigenvalue weighted by Gasteiger charge is 2.27. The van der Waals surface area contributed by atoms with E-state index in [9.17, 15) is 26.3 Å². The topological polar surface area (TPSA) is 101 Å². The van der Waals surface area contributed by atoms with Gasteiger partial charge >= 0.3 is 0 Å². The van der Waals surface area contributed by atoms with Gasteiger partial charge < -0.3 is 10.4 Å². The largest absolute Gasteiger partial charge is 0.387 e. The van der Waals surface area contributed by atoms with Crippen molar-refractivity contribution in [2.75, 3.05) is 26.1 Å². The van der Waals surface area contributed by atoms with Crippen molar-refractivity contribution in [3.05, 3.63) is 23.5 Å². The molecular weight excluding hydrogens is 309 g/mol. The average molecular weight is 325 g/mol. The highest BCUT2D eigenvalue weighted by Crippen LogP contribution is 2.28. The van der Waals surface area contributed by atoms with Crippen LogP contribution in [0.25, 0.3) is 0 Å². The molecule has 0 radical (unpaired) electrons. The van der Waals surface area contributed by atoms with Crippen LogP contribution in [-0.2, 0) is 19.7 Å². The molecule has 2 N–H and O–H groups in total. The molecule has 0 saturated heterocycles. The molecule has 0 aliphatic heterocycles. The van der Waals surface area contributed by atoms with Crippen LogP contribution < -0.4 is 5.32 Å². The minimum atomic E-state index is -4.05. The quantitative estimate of drug-likeness (QED) is 0.783. The van der Waals surface area contributed by atoms with E-state index in [2.05, 4.69) is 5.32 Å². The number of nitrogens with one attached hydrogen (secondary N) is 1. The van der Waals surface area contributed by atoms with E-state index < -0.39 is 41.4 Å². The number of aliphatic hydroxyl groups is 1. The summed E-state index contributed by atoms with van der Waals surface area (Å²) in [6.07, 6.45) is 0.359. The molecule has 0 heterocycles. The van der Waals surface area contributed by atoms with Crippen molar-refractivity contribution in [3.8, 4) is 0 Å². The van der Waals surface area contributed by atoms with Crippen LogP contribution in [0.2, 0.25) is 0 Å². The molecule has 0 fully saturated rings. The van der Waals surface area contributed by atoms with Crippen molar-refractivity contribution in [1.29, 1.82) is 0 Å². The van der Waals surface area contributed by atoms with Crippen LogP contribution in [0.4, 0.5) is 4.39 Å². The van der Waals surface area contributed by atoms with Gasteiger partial charge in [0.15, 0.2) is 19.7 Å². The van der Waals surface area contributed by atoms with Gasteiger partial charge in [0.2, 0.25) is 0 Å². The molecule has 0 aliphatic rings. The van der Waals surface area contributed by atoms with Gasteiger partial charge in [0, 0.05) is 19.1 Å². The zero-order valence-electron chi connectivity index (χ0n) is 11.2. The van der Waals surface area contributed by atoms with Crippen molar-refractivity contribution in [3.63, 3.8) is 0 Å². The first-order valence-electron chi connectivity index (χ1n) is 5.54. The maximum atomic E-state index is 14.0. The summed E-state index contributed by atoms with van der Waals surface area (Å²) >= 11 is 0. The number of hydrogen-bond acceptors (Lipinski definition) is 6. The summed E-state index contributed by atoms with van der Waals surface area (Å²) in [6, 6.07) is 1.81. The lowest BCUT2D eigenvalue weighted by Crippen LogP contribution is -2.18. The molecule has 1 aromatic rings. The van der Waals surface area contributed by atoms with Crippen molar-refractivity contribution in [1.82, 2.24) is 5.32 Å². The second-order valence-electron chi connectivity index (χ2n) is 4.45. The molecule has 1 aromatic carbocycles. The number of sulfone groups is 2. The molecule has 0 spiro atoms. The summed E-state index contributed by atoms with van der Waals surface area (Å²) in [5, 5.41) is 12.4. The Bertz CT molecular complexity index is 713. The molecule has 0 aromatic heterocycles. The highest BCUT2D eigenvalue weighted by molar-refractivity contribution is 7.93. The van der Waals surface area contributed by atoms with Crippen LogP contribution in [-0.4, -0.2) is 48.0 Å². The second-order valence-corrected chi connectivity index (χ2v) is 8.38. The number of likely N-dealkylation sites (N-methyl/N-ethyl adjacent to an activating group) is 1. The molecule has 1 atom stereocenters. The van der Waals surface area contributed by atoms with Gasteiger partial charge in [-0.1, -0.05) is 0 Å². The minimum Gasteiger partial charge on any atom is -0.387 e. The number of benzene rings is 1. The SMILES string of the molecule is CNCC(O)c1cc(F)c(S(C)(=O)=O)c(S(C)(=O)=O)c1. The number of aliphatic hydroxyl groups excluding tert-OH is 1. The van der Waals surface area contributed by atoms with Crippen molar-refractivity contribution in [2.45, 2.75) is 15.9 Å². The fraction of sp³-hybridized carbons (Fsp3) is 0.455. The molecule has 20 heavy (non-hydrogen) atoms. The van der Waals surface area contributed by atoms with Crippen molar-refractivity contribution >= 4 is 19.7 Å². The van der Waals surface area contributed by atoms with Crippen LogP contribution >= 0.6 is 0 Å². The van der Waals surface area contributed by atoms with Gasteiger partial charge in [-0.15, -0.1) is 0 Å². The summed E-state index contributed by atoms with van der Waals surface area (Å²) in [7, 11) is -6.46. The standard InChI is InChI=1S/C11H16FNO5S2/c1-13-6-9(14)7-4-8(12)11(20(3,17)18)10(5-7)19(2,15)16/h4-5,9,13-14H,6H2,1-3H3. The summed E-state index contributed by atoms with van der Waals surface area (Å²) in [4.78, 5) is -1.52. The first-order chi connectivity index (χ1) is 8.98. The first kappa shape index (κ1) is 17.0. The van der Waals surface area contributed by atoms with Gasteiger partial charge in [0.1, 0.15) is 10.7 Å². The number of hydrogen-bond donors (Lipinski definition) is 2. The molecule has 9 heteroatoms. The van der Waals surface area contributed by atoms with E-state index in [4.69, 9.17) is 0 Å². The highest BCUT2D eigenvalue weighted by atomic mass is 32.2. The molecule has 114 valence electrons. The summed E-state index contributed by atoms with van der Waals surface area (Å²) < 4.78 is 60.4. The number of halogens is 1. The lowest BCUT2D eigenvalue weighted by molar-refractivity contribution is 0.177. The Balaban J connectivity index is 3.67. The van der Waals surface area contributed by atoms with E-state index in [1.165, 1.54) is 0 Å². The minimum absolute atomic E-state index is 0.00956. The second kappa shape index (κ2) is 5.76. The molecule has 1 unspecified atom stereocenters. The molecular formula is C11H16FNO5S2. The third kappa shape index (κ3) is 3.75. The first-order valence-corrected chi connectivity index (χ1v) is 9.33. The van der Waals surface area contributed by atoms with Crippen LogP contribution in [0, 0.1) is 5.82 Å². The summed E-state index contributed by atoms with van der Waals surface area (Å²) in [5.74, 6) is -1.19. The lowest BCUT2D eigenvalue weighted by atomic mass is 10.1. The van der Waals surface area contributed by atoms with Crippen LogP contribution in [0.3, 0.4) is 0 Å². The van der Waals surface area contributed by atoms with E-state index in [1.54, 1.807) is 7.05 Å². The summed E-state index contributed by atoms with van der Waals surface area (Å²) in [6.45, 7) is 0.0703. The molecule has 0 amide bonds. The smallest absolute Gasteiger partial charge is 0.179 e. The van der Waals surface area contributed by atoms with Crippen LogP contribution in [0.1, 0.15) is 11.7 Å². The fourth-order valence-corrected chi connectivity index (χ4v) is 4.26. The monoisotopic (exact) mass is 325 g/mol. The van der Waals surface area contributed by atoms with E-state index >= 15 is 0 Å². The third-order valence-corrected chi connectivity index (χ3v) is 4.99. The normalized spacial score (nSPS) is 14.2. The molecule has 0 saturated carbocycles. The summed E-state index contributed by atoms with van der Waals surface area (Å²) in [5.41, 5.74) is -0.00956. The van der Waals surface area contributed by atoms with Gasteiger partial charge in [-0.2, -0.15) is 0 Å². The van der Waals surface area contributed by atoms with E-state index in [0.29, 0.717) is 0 Å². The Kier molecular flexibility index (Phi) is 4.90. The van der Waals surface area contributed by atoms with E-state index in [1.807, 2.05) is 0 Å². The lowest BCUT2D eigenvalue weighted by Gasteiger charge is -2.14. The zero-order chi connectivity index (χ0) is 15.7. The van der Waals surface area contributed by atoms with E-state index in [0.717, 1.165) is 24.6 Å². The van der Waals surface area contributed by atoms with Gasteiger partial charge in [0.05, 0.1) is 11.0 Å². The van der Waals surface area contributed by atoms with Gasteiger partial charge in [-0.25, -0.2) is 21.2 Å². The van der Waals surface area contributed by atoms with Crippen LogP contribution in [0.5, 0.6) is 0 Å². The van der Waals surface area contributed by atoms with Crippen molar-refractivity contribution < 1.29 is 26.3 Å². The Morgan fingerprint density at radius 3 is 2.15 bits per heavy atom. The Labute approximate surface area is 117 Å². The Morgan fingerprint density at radius 1 is 1.20 bits per heavy atom. The third-order valence-electron chi connectivity index (χ3n) is 2.58. The average Bonchev–Trinajstić information content (AvgIpc) is 2.25. The molecule has 0 bridgehead atoms. The molecule has 6 nitrogen and oxygen atoms in total. The van der Waals surface area contributed by atoms with E-state index in [-0.39, 0.29) is 12.1 Å². The van der Waals surface area contributed by atoms with Crippen LogP contribution in [0.15, 0.2) is 21.9 Å². The van der Waals surface area contributed by atoms with Gasteiger partial charge in [0.25, 0.3) is 0 Å². The number of rotatable bonds is 5. The predicted octanol–water partition coefficient (Wildman–Crippen LogP) is -0.114. The maximum Gasteiger partial charge on any atom is 0.179 e. The predicted molar refractivity (Wildman–Crippen MR) is 71.5 cm³/mol. The van der Waals surface area contributed by atoms with Gasteiger partial charge in [-0.05, 0) is 24.7 Å². The van der Waals surface area contributed by atoms with Gasteiger partial charge in [-0.3, -0.25) is 0 Å². The Morgan fingerprint density at radius 2 is 1.75 bits per heavy atom.